The van der Waals surface area contributed by atoms with E-state index < -0.39 is 0 Å². The molecule has 0 spiro atoms. The Hall–Kier alpha value is -2.93. The molecule has 0 radical (unpaired) electrons. The highest BCUT2D eigenvalue weighted by atomic mass is 16.5. The third-order valence-corrected chi connectivity index (χ3v) is 5.67. The molecule has 28 heavy (non-hydrogen) atoms. The smallest absolute Gasteiger partial charge is 0.233 e. The summed E-state index contributed by atoms with van der Waals surface area (Å²) in [5.74, 6) is 0.709. The minimum atomic E-state index is 0.166. The van der Waals surface area contributed by atoms with Crippen molar-refractivity contribution >= 4 is 0 Å². The van der Waals surface area contributed by atoms with Gasteiger partial charge in [-0.1, -0.05) is 6.07 Å². The minimum Gasteiger partial charge on any atom is -0.507 e. The Morgan fingerprint density at radius 3 is 2.54 bits per heavy atom. The van der Waals surface area contributed by atoms with Crippen molar-refractivity contribution in [3.8, 4) is 34.0 Å². The fraction of sp³-hybridized carbons (Fsp3) is 0.381. The van der Waals surface area contributed by atoms with Crippen LogP contribution in [0.2, 0.25) is 0 Å². The van der Waals surface area contributed by atoms with Crippen molar-refractivity contribution in [3.63, 3.8) is 0 Å². The monoisotopic (exact) mass is 377 g/mol. The normalized spacial score (nSPS) is 23.7. The van der Waals surface area contributed by atoms with Gasteiger partial charge >= 0.3 is 0 Å². The van der Waals surface area contributed by atoms with Crippen molar-refractivity contribution in [2.75, 3.05) is 0 Å². The maximum absolute atomic E-state index is 10.5. The summed E-state index contributed by atoms with van der Waals surface area (Å²) in [5, 5.41) is 26.8. The van der Waals surface area contributed by atoms with Crippen LogP contribution in [-0.4, -0.2) is 43.3 Å². The number of nitrogens with one attached hydrogen (secondary N) is 1. The molecule has 4 heterocycles. The SMILES string of the molecule is Cn1cc(-c2ccc(-c3ccc(O[C@@H]4C[C@H]5CC[C@@H](C4)N5)nn3)c(O)c2)cn1. The molecular formula is C21H23N5O2. The van der Waals surface area contributed by atoms with Crippen molar-refractivity contribution < 1.29 is 9.84 Å². The van der Waals surface area contributed by atoms with Crippen molar-refractivity contribution in [1.82, 2.24) is 25.3 Å². The summed E-state index contributed by atoms with van der Waals surface area (Å²) >= 11 is 0. The summed E-state index contributed by atoms with van der Waals surface area (Å²) in [6.07, 6.45) is 8.41. The Morgan fingerprint density at radius 2 is 1.89 bits per heavy atom. The van der Waals surface area contributed by atoms with Gasteiger partial charge in [-0.3, -0.25) is 4.68 Å². The zero-order chi connectivity index (χ0) is 19.1. The average Bonchev–Trinajstić information content (AvgIpc) is 3.27. The predicted molar refractivity (Wildman–Crippen MR) is 105 cm³/mol. The lowest BCUT2D eigenvalue weighted by atomic mass is 10.0. The van der Waals surface area contributed by atoms with Gasteiger partial charge in [0.2, 0.25) is 5.88 Å². The first-order chi connectivity index (χ1) is 13.6. The standard InChI is InChI=1S/C21H23N5O2/c1-26-12-14(11-22-26)13-2-5-18(20(27)8-13)19-6-7-21(25-24-19)28-17-9-15-3-4-16(10-17)23-15/h2,5-8,11-12,15-17,23,27H,3-4,9-10H2,1H3/t15-,16+,17-. The number of aryl methyl sites for hydroxylation is 1. The molecule has 1 aromatic carbocycles. The molecule has 2 fully saturated rings. The maximum atomic E-state index is 10.5. The number of fused-ring (bicyclic) bond motifs is 2. The van der Waals surface area contributed by atoms with E-state index in [9.17, 15) is 5.11 Å². The third-order valence-electron chi connectivity index (χ3n) is 5.67. The number of hydrogen-bond acceptors (Lipinski definition) is 6. The van der Waals surface area contributed by atoms with Gasteiger partial charge in [-0.15, -0.1) is 10.2 Å². The Labute approximate surface area is 163 Å². The van der Waals surface area contributed by atoms with E-state index >= 15 is 0 Å². The number of rotatable bonds is 4. The van der Waals surface area contributed by atoms with Gasteiger partial charge in [-0.05, 0) is 49.4 Å². The zero-order valence-electron chi connectivity index (χ0n) is 15.7. The van der Waals surface area contributed by atoms with E-state index in [-0.39, 0.29) is 11.9 Å². The maximum Gasteiger partial charge on any atom is 0.233 e. The minimum absolute atomic E-state index is 0.166. The van der Waals surface area contributed by atoms with Crippen molar-refractivity contribution in [2.45, 2.75) is 43.9 Å². The predicted octanol–water partition coefficient (Wildman–Crippen LogP) is 2.91. The number of aromatic hydroxyl groups is 1. The summed E-state index contributed by atoms with van der Waals surface area (Å²) in [7, 11) is 1.87. The zero-order valence-corrected chi connectivity index (χ0v) is 15.7. The molecule has 2 aliphatic heterocycles. The molecule has 3 aromatic rings. The Bertz CT molecular complexity index is 973. The van der Waals surface area contributed by atoms with Crippen LogP contribution in [-0.2, 0) is 7.05 Å². The lowest BCUT2D eigenvalue weighted by Crippen LogP contribution is -2.42. The van der Waals surface area contributed by atoms with Crippen LogP contribution in [0.1, 0.15) is 25.7 Å². The fourth-order valence-corrected chi connectivity index (χ4v) is 4.30. The van der Waals surface area contributed by atoms with Crippen LogP contribution in [0.4, 0.5) is 0 Å². The molecule has 0 aliphatic carbocycles. The number of ether oxygens (including phenoxy) is 1. The van der Waals surface area contributed by atoms with Crippen molar-refractivity contribution in [2.24, 2.45) is 7.05 Å². The number of phenols is 1. The second kappa shape index (κ2) is 6.91. The largest absolute Gasteiger partial charge is 0.507 e. The molecule has 144 valence electrons. The summed E-state index contributed by atoms with van der Waals surface area (Å²) in [6.45, 7) is 0. The van der Waals surface area contributed by atoms with Gasteiger partial charge < -0.3 is 15.2 Å². The van der Waals surface area contributed by atoms with Gasteiger partial charge in [0.25, 0.3) is 0 Å². The molecule has 2 aliphatic rings. The van der Waals surface area contributed by atoms with Gasteiger partial charge in [-0.2, -0.15) is 5.10 Å². The van der Waals surface area contributed by atoms with Crippen LogP contribution in [0.25, 0.3) is 22.4 Å². The van der Waals surface area contributed by atoms with Crippen LogP contribution in [0, 0.1) is 0 Å². The molecule has 2 aromatic heterocycles. The highest BCUT2D eigenvalue weighted by molar-refractivity contribution is 5.73. The first-order valence-electron chi connectivity index (χ1n) is 9.73. The van der Waals surface area contributed by atoms with Crippen molar-refractivity contribution in [1.29, 1.82) is 0 Å². The van der Waals surface area contributed by atoms with Crippen molar-refractivity contribution in [3.05, 3.63) is 42.7 Å². The number of piperidine rings is 1. The number of nitrogens with zero attached hydrogens (tertiary/aromatic N) is 4. The molecule has 2 bridgehead atoms. The highest BCUT2D eigenvalue weighted by Crippen LogP contribution is 2.33. The lowest BCUT2D eigenvalue weighted by molar-refractivity contribution is 0.130. The summed E-state index contributed by atoms with van der Waals surface area (Å²) in [6, 6.07) is 10.4. The Kier molecular flexibility index (Phi) is 4.24. The van der Waals surface area contributed by atoms with Crippen LogP contribution < -0.4 is 10.1 Å². The summed E-state index contributed by atoms with van der Waals surface area (Å²) < 4.78 is 7.79. The molecule has 0 amide bonds. The van der Waals surface area contributed by atoms with E-state index in [1.54, 1.807) is 16.9 Å². The molecule has 5 rings (SSSR count). The molecule has 2 N–H and O–H groups in total. The number of hydrogen-bond donors (Lipinski definition) is 2. The van der Waals surface area contributed by atoms with Gasteiger partial charge in [0, 0.05) is 42.5 Å². The van der Waals surface area contributed by atoms with Gasteiger partial charge in [0.05, 0.1) is 11.9 Å². The number of phenolic OH excluding ortho intramolecular Hbond substituents is 1. The number of benzene rings is 1. The molecule has 0 unspecified atom stereocenters. The van der Waals surface area contributed by atoms with E-state index in [0.717, 1.165) is 24.0 Å². The molecule has 0 saturated carbocycles. The van der Waals surface area contributed by atoms with Crippen LogP contribution in [0.3, 0.4) is 0 Å². The van der Waals surface area contributed by atoms with Crippen LogP contribution in [0.5, 0.6) is 11.6 Å². The van der Waals surface area contributed by atoms with E-state index in [1.165, 1.54) is 12.8 Å². The van der Waals surface area contributed by atoms with E-state index in [2.05, 4.69) is 20.6 Å². The van der Waals surface area contributed by atoms with Crippen LogP contribution >= 0.6 is 0 Å². The molecular weight excluding hydrogens is 354 g/mol. The van der Waals surface area contributed by atoms with E-state index in [1.807, 2.05) is 37.5 Å². The van der Waals surface area contributed by atoms with Gasteiger partial charge in [-0.25, -0.2) is 0 Å². The highest BCUT2D eigenvalue weighted by Gasteiger charge is 2.34. The fourth-order valence-electron chi connectivity index (χ4n) is 4.30. The summed E-state index contributed by atoms with van der Waals surface area (Å²) in [5.41, 5.74) is 3.12. The molecule has 3 atom stereocenters. The number of aromatic nitrogens is 4. The van der Waals surface area contributed by atoms with Gasteiger partial charge in [0.1, 0.15) is 11.9 Å². The van der Waals surface area contributed by atoms with Gasteiger partial charge in [0.15, 0.2) is 0 Å². The molecule has 7 heteroatoms. The average molecular weight is 377 g/mol. The third kappa shape index (κ3) is 3.33. The Balaban J connectivity index is 1.31. The summed E-state index contributed by atoms with van der Waals surface area (Å²) in [4.78, 5) is 0. The lowest BCUT2D eigenvalue weighted by Gasteiger charge is -2.28. The molecule has 7 nitrogen and oxygen atoms in total. The van der Waals surface area contributed by atoms with E-state index in [4.69, 9.17) is 4.74 Å². The second-order valence-corrected chi connectivity index (χ2v) is 7.74. The van der Waals surface area contributed by atoms with E-state index in [0.29, 0.717) is 29.2 Å². The van der Waals surface area contributed by atoms with Crippen LogP contribution in [0.15, 0.2) is 42.7 Å². The first-order valence-corrected chi connectivity index (χ1v) is 9.73. The first kappa shape index (κ1) is 17.2. The second-order valence-electron chi connectivity index (χ2n) is 7.74. The molecule has 2 saturated heterocycles. The Morgan fingerprint density at radius 1 is 1.07 bits per heavy atom. The quantitative estimate of drug-likeness (QED) is 0.727. The topological polar surface area (TPSA) is 85.1 Å².